The van der Waals surface area contributed by atoms with Crippen molar-refractivity contribution in [3.05, 3.63) is 0 Å². The van der Waals surface area contributed by atoms with E-state index in [1.807, 2.05) is 13.8 Å². The van der Waals surface area contributed by atoms with Gasteiger partial charge < -0.3 is 5.32 Å². The quantitative estimate of drug-likeness (QED) is 0.545. The molecule has 1 nitrogen and oxygen atoms in total. The first-order valence-electron chi connectivity index (χ1n) is 4.54. The van der Waals surface area contributed by atoms with Crippen LogP contribution in [0.2, 0.25) is 0 Å². The molecule has 1 atom stereocenters. The van der Waals surface area contributed by atoms with E-state index in [0.29, 0.717) is 0 Å². The van der Waals surface area contributed by atoms with E-state index < -0.39 is 0 Å². The molecule has 1 saturated heterocycles. The van der Waals surface area contributed by atoms with Crippen molar-refractivity contribution in [3.8, 4) is 0 Å². The van der Waals surface area contributed by atoms with E-state index in [1.165, 1.54) is 25.8 Å². The maximum Gasteiger partial charge on any atom is 0.00447 e. The van der Waals surface area contributed by atoms with Gasteiger partial charge in [-0.2, -0.15) is 0 Å². The van der Waals surface area contributed by atoms with E-state index in [-0.39, 0.29) is 0 Å². The van der Waals surface area contributed by atoms with Gasteiger partial charge in [-0.05, 0) is 31.6 Å². The SMILES string of the molecule is CC.CC1CC2(CC2)CN1. The van der Waals surface area contributed by atoms with Crippen molar-refractivity contribution in [1.82, 2.24) is 5.32 Å². The zero-order chi connectivity index (χ0) is 7.61. The molecule has 1 heteroatoms. The van der Waals surface area contributed by atoms with Crippen molar-refractivity contribution in [2.24, 2.45) is 5.41 Å². The van der Waals surface area contributed by atoms with E-state index in [0.717, 1.165) is 11.5 Å². The van der Waals surface area contributed by atoms with Crippen molar-refractivity contribution in [2.45, 2.75) is 46.1 Å². The Labute approximate surface area is 64.2 Å². The fraction of sp³-hybridized carbons (Fsp3) is 1.00. The van der Waals surface area contributed by atoms with E-state index in [4.69, 9.17) is 0 Å². The number of hydrogen-bond donors (Lipinski definition) is 1. The average Bonchev–Trinajstić information content (AvgIpc) is 2.60. The summed E-state index contributed by atoms with van der Waals surface area (Å²) >= 11 is 0. The molecule has 1 N–H and O–H groups in total. The molecule has 0 aromatic rings. The van der Waals surface area contributed by atoms with E-state index in [9.17, 15) is 0 Å². The summed E-state index contributed by atoms with van der Waals surface area (Å²) in [5, 5.41) is 3.47. The van der Waals surface area contributed by atoms with Crippen molar-refractivity contribution < 1.29 is 0 Å². The lowest BCUT2D eigenvalue weighted by Crippen LogP contribution is -2.16. The summed E-state index contributed by atoms with van der Waals surface area (Å²) in [6.45, 7) is 7.58. The van der Waals surface area contributed by atoms with E-state index >= 15 is 0 Å². The van der Waals surface area contributed by atoms with Crippen LogP contribution in [-0.2, 0) is 0 Å². The minimum absolute atomic E-state index is 0.803. The molecule has 10 heavy (non-hydrogen) atoms. The molecule has 2 rings (SSSR count). The summed E-state index contributed by atoms with van der Waals surface area (Å²) in [7, 11) is 0. The van der Waals surface area contributed by atoms with Gasteiger partial charge in [0.2, 0.25) is 0 Å². The minimum atomic E-state index is 0.803. The summed E-state index contributed by atoms with van der Waals surface area (Å²) in [6, 6.07) is 0.803. The second kappa shape index (κ2) is 2.91. The Morgan fingerprint density at radius 2 is 1.90 bits per heavy atom. The number of rotatable bonds is 0. The molecule has 2 aliphatic rings. The molecule has 1 aliphatic heterocycles. The fourth-order valence-corrected chi connectivity index (χ4v) is 1.74. The predicted octanol–water partition coefficient (Wildman–Crippen LogP) is 2.17. The molecule has 0 aromatic heterocycles. The van der Waals surface area contributed by atoms with Gasteiger partial charge in [-0.1, -0.05) is 13.8 Å². The Kier molecular flexibility index (Phi) is 2.35. The lowest BCUT2D eigenvalue weighted by atomic mass is 10.0. The topological polar surface area (TPSA) is 12.0 Å². The van der Waals surface area contributed by atoms with E-state index in [2.05, 4.69) is 12.2 Å². The first-order valence-corrected chi connectivity index (χ1v) is 4.54. The third-order valence-corrected chi connectivity index (χ3v) is 2.52. The monoisotopic (exact) mass is 141 g/mol. The average molecular weight is 141 g/mol. The molecule has 60 valence electrons. The maximum absolute atomic E-state index is 3.47. The third-order valence-electron chi connectivity index (χ3n) is 2.52. The molecule has 1 unspecified atom stereocenters. The summed E-state index contributed by atoms with van der Waals surface area (Å²) in [6.07, 6.45) is 4.42. The first-order chi connectivity index (χ1) is 4.81. The molecule has 1 saturated carbocycles. The van der Waals surface area contributed by atoms with Crippen LogP contribution in [0.15, 0.2) is 0 Å². The Balaban J connectivity index is 0.000000231. The van der Waals surface area contributed by atoms with Crippen LogP contribution in [0, 0.1) is 5.41 Å². The smallest absolute Gasteiger partial charge is 0.00447 e. The van der Waals surface area contributed by atoms with Crippen molar-refractivity contribution in [2.75, 3.05) is 6.54 Å². The Hall–Kier alpha value is -0.0400. The second-order valence-electron chi connectivity index (χ2n) is 3.49. The van der Waals surface area contributed by atoms with Gasteiger partial charge >= 0.3 is 0 Å². The van der Waals surface area contributed by atoms with Crippen LogP contribution < -0.4 is 5.32 Å². The van der Waals surface area contributed by atoms with Crippen LogP contribution in [0.3, 0.4) is 0 Å². The Bertz CT molecular complexity index is 105. The van der Waals surface area contributed by atoms with Crippen molar-refractivity contribution in [1.29, 1.82) is 0 Å². The lowest BCUT2D eigenvalue weighted by Gasteiger charge is -1.99. The largest absolute Gasteiger partial charge is 0.314 e. The Morgan fingerprint density at radius 1 is 1.30 bits per heavy atom. The lowest BCUT2D eigenvalue weighted by molar-refractivity contribution is 0.557. The molecular formula is C9H19N. The van der Waals surface area contributed by atoms with Crippen LogP contribution in [0.5, 0.6) is 0 Å². The highest BCUT2D eigenvalue weighted by atomic mass is 15.0. The highest BCUT2D eigenvalue weighted by Crippen LogP contribution is 2.51. The molecule has 2 fully saturated rings. The summed E-state index contributed by atoms with van der Waals surface area (Å²) in [5.41, 5.74) is 0.805. The highest BCUT2D eigenvalue weighted by Gasteiger charge is 2.46. The zero-order valence-corrected chi connectivity index (χ0v) is 7.41. The van der Waals surface area contributed by atoms with Gasteiger partial charge in [0.25, 0.3) is 0 Å². The molecular weight excluding hydrogens is 122 g/mol. The number of hydrogen-bond acceptors (Lipinski definition) is 1. The third kappa shape index (κ3) is 1.51. The van der Waals surface area contributed by atoms with Crippen LogP contribution in [0.1, 0.15) is 40.0 Å². The molecule has 0 radical (unpaired) electrons. The van der Waals surface area contributed by atoms with Gasteiger partial charge in [-0.3, -0.25) is 0 Å². The normalized spacial score (nSPS) is 33.3. The van der Waals surface area contributed by atoms with Crippen LogP contribution in [-0.4, -0.2) is 12.6 Å². The summed E-state index contributed by atoms with van der Waals surface area (Å²) in [4.78, 5) is 0. The molecule has 0 aromatic carbocycles. The van der Waals surface area contributed by atoms with Gasteiger partial charge in [-0.15, -0.1) is 0 Å². The maximum atomic E-state index is 3.47. The molecule has 1 heterocycles. The Morgan fingerprint density at radius 3 is 2.10 bits per heavy atom. The summed E-state index contributed by atoms with van der Waals surface area (Å²) < 4.78 is 0. The second-order valence-corrected chi connectivity index (χ2v) is 3.49. The predicted molar refractivity (Wildman–Crippen MR) is 45.1 cm³/mol. The van der Waals surface area contributed by atoms with Crippen LogP contribution in [0.4, 0.5) is 0 Å². The van der Waals surface area contributed by atoms with Crippen molar-refractivity contribution in [3.63, 3.8) is 0 Å². The number of nitrogens with one attached hydrogen (secondary N) is 1. The molecule has 0 amide bonds. The first kappa shape index (κ1) is 8.06. The molecule has 0 bridgehead atoms. The van der Waals surface area contributed by atoms with Crippen molar-refractivity contribution >= 4 is 0 Å². The fourth-order valence-electron chi connectivity index (χ4n) is 1.74. The van der Waals surface area contributed by atoms with E-state index in [1.54, 1.807) is 0 Å². The van der Waals surface area contributed by atoms with Gasteiger partial charge in [-0.25, -0.2) is 0 Å². The molecule has 1 spiro atoms. The standard InChI is InChI=1S/C7H13N.C2H6/c1-6-4-7(2-3-7)5-8-6;1-2/h6,8H,2-5H2,1H3;1-2H3. The minimum Gasteiger partial charge on any atom is -0.314 e. The van der Waals surface area contributed by atoms with Gasteiger partial charge in [0.1, 0.15) is 0 Å². The van der Waals surface area contributed by atoms with Gasteiger partial charge in [0.15, 0.2) is 0 Å². The summed E-state index contributed by atoms with van der Waals surface area (Å²) in [5.74, 6) is 0. The molecule has 1 aliphatic carbocycles. The van der Waals surface area contributed by atoms with Gasteiger partial charge in [0.05, 0.1) is 0 Å². The van der Waals surface area contributed by atoms with Crippen LogP contribution >= 0.6 is 0 Å². The van der Waals surface area contributed by atoms with Crippen LogP contribution in [0.25, 0.3) is 0 Å². The van der Waals surface area contributed by atoms with Gasteiger partial charge in [0, 0.05) is 12.6 Å². The highest BCUT2D eigenvalue weighted by molar-refractivity contribution is 5.01. The zero-order valence-electron chi connectivity index (χ0n) is 7.41.